The van der Waals surface area contributed by atoms with Crippen molar-refractivity contribution in [2.45, 2.75) is 39.2 Å². The molecule has 5 nitrogen and oxygen atoms in total. The number of methoxy groups -OCH3 is 1. The lowest BCUT2D eigenvalue weighted by Crippen LogP contribution is -2.37. The molecule has 0 atom stereocenters. The number of ether oxygens (including phenoxy) is 1. The largest absolute Gasteiger partial charge is 0.381 e. The van der Waals surface area contributed by atoms with Crippen LogP contribution in [0.5, 0.6) is 0 Å². The van der Waals surface area contributed by atoms with Gasteiger partial charge in [0.05, 0.1) is 6.10 Å². The van der Waals surface area contributed by atoms with Crippen molar-refractivity contribution in [2.24, 2.45) is 0 Å². The smallest absolute Gasteiger partial charge is 0.137 e. The highest BCUT2D eigenvalue weighted by molar-refractivity contribution is 5.58. The van der Waals surface area contributed by atoms with E-state index in [1.807, 2.05) is 0 Å². The highest BCUT2D eigenvalue weighted by Crippen LogP contribution is 2.26. The van der Waals surface area contributed by atoms with Crippen LogP contribution >= 0.6 is 0 Å². The van der Waals surface area contributed by atoms with Crippen LogP contribution in [0.1, 0.15) is 32.3 Å². The van der Waals surface area contributed by atoms with Crippen LogP contribution in [0, 0.1) is 0 Å². The Kier molecular flexibility index (Phi) is 4.96. The molecule has 1 saturated heterocycles. The molecule has 5 heteroatoms. The molecule has 0 aliphatic carbocycles. The molecule has 1 aliphatic rings. The molecule has 2 heterocycles. The van der Waals surface area contributed by atoms with Crippen LogP contribution in [0.25, 0.3) is 0 Å². The zero-order valence-electron chi connectivity index (χ0n) is 12.1. The van der Waals surface area contributed by atoms with Crippen molar-refractivity contribution in [3.05, 3.63) is 11.9 Å². The van der Waals surface area contributed by atoms with Crippen molar-refractivity contribution in [2.75, 3.05) is 37.0 Å². The van der Waals surface area contributed by atoms with Crippen molar-refractivity contribution >= 4 is 11.6 Å². The van der Waals surface area contributed by atoms with Crippen molar-refractivity contribution < 1.29 is 4.74 Å². The monoisotopic (exact) mass is 264 g/mol. The van der Waals surface area contributed by atoms with Crippen molar-refractivity contribution in [3.63, 3.8) is 0 Å². The topological polar surface area (TPSA) is 50.3 Å². The van der Waals surface area contributed by atoms with E-state index in [0.29, 0.717) is 6.10 Å². The van der Waals surface area contributed by atoms with Gasteiger partial charge in [-0.05, 0) is 26.2 Å². The number of hydrogen-bond acceptors (Lipinski definition) is 5. The minimum Gasteiger partial charge on any atom is -0.381 e. The van der Waals surface area contributed by atoms with E-state index >= 15 is 0 Å². The Morgan fingerprint density at radius 1 is 1.32 bits per heavy atom. The maximum absolute atomic E-state index is 5.42. The van der Waals surface area contributed by atoms with Gasteiger partial charge >= 0.3 is 0 Å². The Balaban J connectivity index is 2.17. The molecule has 0 aromatic carbocycles. The quantitative estimate of drug-likeness (QED) is 0.882. The molecule has 106 valence electrons. The van der Waals surface area contributed by atoms with E-state index in [1.165, 1.54) is 5.56 Å². The van der Waals surface area contributed by atoms with Crippen molar-refractivity contribution in [1.82, 2.24) is 9.97 Å². The average molecular weight is 264 g/mol. The van der Waals surface area contributed by atoms with E-state index in [2.05, 4.69) is 34.0 Å². The van der Waals surface area contributed by atoms with Crippen LogP contribution in [-0.4, -0.2) is 42.8 Å². The Bertz CT molecular complexity index is 402. The van der Waals surface area contributed by atoms with Gasteiger partial charge in [-0.25, -0.2) is 9.97 Å². The summed E-state index contributed by atoms with van der Waals surface area (Å²) in [6, 6.07) is 0. The lowest BCUT2D eigenvalue weighted by molar-refractivity contribution is 0.0817. The standard InChI is InChI=1S/C14H24N4O/c1-4-12-13(15-5-2)16-10-17-14(12)18-8-6-11(19-3)7-9-18/h10-11H,4-9H2,1-3H3,(H,15,16,17). The van der Waals surface area contributed by atoms with Crippen LogP contribution in [0.15, 0.2) is 6.33 Å². The average Bonchev–Trinajstić information content (AvgIpc) is 2.47. The molecule has 1 aromatic rings. The Labute approximate surface area is 115 Å². The van der Waals surface area contributed by atoms with Gasteiger partial charge in [0.1, 0.15) is 18.0 Å². The summed E-state index contributed by atoms with van der Waals surface area (Å²) in [7, 11) is 1.80. The fourth-order valence-electron chi connectivity index (χ4n) is 2.62. The zero-order valence-corrected chi connectivity index (χ0v) is 12.1. The van der Waals surface area contributed by atoms with Gasteiger partial charge in [-0.3, -0.25) is 0 Å². The minimum absolute atomic E-state index is 0.399. The molecule has 0 spiro atoms. The SMILES string of the molecule is CCNc1ncnc(N2CCC(OC)CC2)c1CC. The Morgan fingerprint density at radius 3 is 2.63 bits per heavy atom. The zero-order chi connectivity index (χ0) is 13.7. The third kappa shape index (κ3) is 3.15. The molecule has 2 rings (SSSR count). The number of anilines is 2. The predicted octanol–water partition coefficient (Wildman–Crippen LogP) is 2.09. The Hall–Kier alpha value is -1.36. The first-order valence-electron chi connectivity index (χ1n) is 7.15. The van der Waals surface area contributed by atoms with Crippen LogP contribution in [0.2, 0.25) is 0 Å². The van der Waals surface area contributed by atoms with Gasteiger partial charge in [-0.2, -0.15) is 0 Å². The number of rotatable bonds is 5. The predicted molar refractivity (Wildman–Crippen MR) is 77.8 cm³/mol. The van der Waals surface area contributed by atoms with Gasteiger partial charge in [-0.15, -0.1) is 0 Å². The maximum Gasteiger partial charge on any atom is 0.137 e. The molecule has 0 unspecified atom stereocenters. The Morgan fingerprint density at radius 2 is 2.05 bits per heavy atom. The van der Waals surface area contributed by atoms with Gasteiger partial charge in [0, 0.05) is 32.3 Å². The molecular weight excluding hydrogens is 240 g/mol. The van der Waals surface area contributed by atoms with Crippen LogP contribution in [-0.2, 0) is 11.2 Å². The second-order valence-corrected chi connectivity index (χ2v) is 4.83. The van der Waals surface area contributed by atoms with E-state index in [1.54, 1.807) is 13.4 Å². The molecule has 1 aliphatic heterocycles. The fourth-order valence-corrected chi connectivity index (χ4v) is 2.62. The molecule has 0 bridgehead atoms. The number of hydrogen-bond donors (Lipinski definition) is 1. The third-order valence-corrected chi connectivity index (χ3v) is 3.70. The summed E-state index contributed by atoms with van der Waals surface area (Å²) in [4.78, 5) is 11.2. The summed E-state index contributed by atoms with van der Waals surface area (Å²) in [5.41, 5.74) is 1.22. The third-order valence-electron chi connectivity index (χ3n) is 3.70. The molecule has 1 N–H and O–H groups in total. The first-order chi connectivity index (χ1) is 9.30. The fraction of sp³-hybridized carbons (Fsp3) is 0.714. The highest BCUT2D eigenvalue weighted by atomic mass is 16.5. The minimum atomic E-state index is 0.399. The molecule has 0 radical (unpaired) electrons. The second kappa shape index (κ2) is 6.70. The van der Waals surface area contributed by atoms with Crippen LogP contribution in [0.3, 0.4) is 0 Å². The lowest BCUT2D eigenvalue weighted by Gasteiger charge is -2.33. The first-order valence-corrected chi connectivity index (χ1v) is 7.15. The van der Waals surface area contributed by atoms with Crippen molar-refractivity contribution in [3.8, 4) is 0 Å². The van der Waals surface area contributed by atoms with Crippen LogP contribution < -0.4 is 10.2 Å². The maximum atomic E-state index is 5.42. The van der Waals surface area contributed by atoms with E-state index in [9.17, 15) is 0 Å². The summed E-state index contributed by atoms with van der Waals surface area (Å²) >= 11 is 0. The summed E-state index contributed by atoms with van der Waals surface area (Å²) in [5, 5.41) is 3.32. The second-order valence-electron chi connectivity index (χ2n) is 4.83. The lowest BCUT2D eigenvalue weighted by atomic mass is 10.1. The van der Waals surface area contributed by atoms with Gasteiger partial charge in [0.2, 0.25) is 0 Å². The van der Waals surface area contributed by atoms with E-state index in [-0.39, 0.29) is 0 Å². The molecule has 0 saturated carbocycles. The number of nitrogens with one attached hydrogen (secondary N) is 1. The summed E-state index contributed by atoms with van der Waals surface area (Å²) in [5.74, 6) is 2.06. The molecule has 19 heavy (non-hydrogen) atoms. The van der Waals surface area contributed by atoms with Gasteiger partial charge in [-0.1, -0.05) is 6.92 Å². The highest BCUT2D eigenvalue weighted by Gasteiger charge is 2.22. The first kappa shape index (κ1) is 14.1. The molecule has 0 amide bonds. The molecule has 1 aromatic heterocycles. The van der Waals surface area contributed by atoms with Crippen LogP contribution in [0.4, 0.5) is 11.6 Å². The molecular formula is C14H24N4O. The number of piperidine rings is 1. The van der Waals surface area contributed by atoms with Crippen molar-refractivity contribution in [1.29, 1.82) is 0 Å². The van der Waals surface area contributed by atoms with E-state index in [0.717, 1.165) is 50.5 Å². The summed E-state index contributed by atoms with van der Waals surface area (Å²) in [6.07, 6.45) is 5.15. The normalized spacial score (nSPS) is 16.7. The molecule has 1 fully saturated rings. The van der Waals surface area contributed by atoms with Gasteiger partial charge < -0.3 is 15.0 Å². The number of aromatic nitrogens is 2. The van der Waals surface area contributed by atoms with Gasteiger partial charge in [0.15, 0.2) is 0 Å². The summed E-state index contributed by atoms with van der Waals surface area (Å²) in [6.45, 7) is 7.15. The van der Waals surface area contributed by atoms with E-state index < -0.39 is 0 Å². The van der Waals surface area contributed by atoms with Gasteiger partial charge in [0.25, 0.3) is 0 Å². The van der Waals surface area contributed by atoms with E-state index in [4.69, 9.17) is 4.74 Å². The number of nitrogens with zero attached hydrogens (tertiary/aromatic N) is 3. The summed E-state index contributed by atoms with van der Waals surface area (Å²) < 4.78 is 5.42.